The fourth-order valence-corrected chi connectivity index (χ4v) is 2.40. The Bertz CT molecular complexity index is 699. The van der Waals surface area contributed by atoms with Crippen molar-refractivity contribution in [1.82, 2.24) is 14.8 Å². The molecule has 2 aromatic heterocycles. The zero-order valence-corrected chi connectivity index (χ0v) is 10.5. The number of nitrogens with zero attached hydrogens (tertiary/aromatic N) is 3. The molecule has 0 bridgehead atoms. The summed E-state index contributed by atoms with van der Waals surface area (Å²) in [7, 11) is 0. The van der Waals surface area contributed by atoms with Crippen LogP contribution in [0.25, 0.3) is 0 Å². The molecule has 0 saturated carbocycles. The monoisotopic (exact) mass is 259 g/mol. The van der Waals surface area contributed by atoms with Gasteiger partial charge in [0, 0.05) is 30.7 Å². The molecule has 0 fully saturated rings. The highest BCUT2D eigenvalue weighted by Crippen LogP contribution is 2.20. The molecular weight excluding hydrogens is 246 g/mol. The third-order valence-electron chi connectivity index (χ3n) is 3.27. The fraction of sp³-hybridized carbons (Fsp3) is 0.385. The molecule has 0 spiro atoms. The number of aryl methyl sites for hydroxylation is 1. The van der Waals surface area contributed by atoms with Gasteiger partial charge in [0.15, 0.2) is 5.78 Å². The van der Waals surface area contributed by atoms with Gasteiger partial charge in [-0.15, -0.1) is 10.2 Å². The molecule has 3 rings (SSSR count). The third kappa shape index (κ3) is 2.09. The largest absolute Gasteiger partial charge is 0.424 e. The lowest BCUT2D eigenvalue weighted by atomic mass is 9.94. The van der Waals surface area contributed by atoms with Gasteiger partial charge in [0.2, 0.25) is 11.8 Å². The molecule has 0 aromatic carbocycles. The summed E-state index contributed by atoms with van der Waals surface area (Å²) in [6.45, 7) is 1.92. The lowest BCUT2D eigenvalue weighted by Crippen LogP contribution is -2.28. The topological polar surface area (TPSA) is 78.0 Å². The first-order chi connectivity index (χ1) is 9.15. The molecule has 0 unspecified atom stereocenters. The van der Waals surface area contributed by atoms with Gasteiger partial charge in [0.1, 0.15) is 6.54 Å². The van der Waals surface area contributed by atoms with Crippen LogP contribution in [0.4, 0.5) is 0 Å². The van der Waals surface area contributed by atoms with Gasteiger partial charge < -0.3 is 8.98 Å². The van der Waals surface area contributed by atoms with Crippen LogP contribution in [0.1, 0.15) is 40.7 Å². The average Bonchev–Trinajstić information content (AvgIpc) is 2.79. The lowest BCUT2D eigenvalue weighted by molar-refractivity contribution is 0.0970. The van der Waals surface area contributed by atoms with Crippen LogP contribution in [0.5, 0.6) is 0 Å². The summed E-state index contributed by atoms with van der Waals surface area (Å²) in [6.07, 6.45) is 2.05. The van der Waals surface area contributed by atoms with Crippen LogP contribution >= 0.6 is 0 Å². The number of rotatable bonds is 2. The number of ketones is 1. The van der Waals surface area contributed by atoms with E-state index in [0.29, 0.717) is 23.8 Å². The van der Waals surface area contributed by atoms with E-state index >= 15 is 0 Å². The number of Topliss-reactive ketones (excluding diaryl/α,β-unsaturated/α-hetero) is 1. The highest BCUT2D eigenvalue weighted by Gasteiger charge is 2.21. The molecule has 2 heterocycles. The standard InChI is InChI=1S/C13H13N3O3/c1-8-14-15-12(19-8)7-16-10-3-2-4-11(17)9(10)5-6-13(16)18/h5-6H,2-4,7H2,1H3. The Morgan fingerprint density at radius 2 is 2.11 bits per heavy atom. The van der Waals surface area contributed by atoms with Gasteiger partial charge in [-0.2, -0.15) is 0 Å². The van der Waals surface area contributed by atoms with Gasteiger partial charge in [-0.1, -0.05) is 0 Å². The Morgan fingerprint density at radius 1 is 1.26 bits per heavy atom. The summed E-state index contributed by atoms with van der Waals surface area (Å²) in [5.74, 6) is 0.937. The van der Waals surface area contributed by atoms with Crippen molar-refractivity contribution in [2.75, 3.05) is 0 Å². The van der Waals surface area contributed by atoms with E-state index in [1.807, 2.05) is 0 Å². The summed E-state index contributed by atoms with van der Waals surface area (Å²) < 4.78 is 6.85. The van der Waals surface area contributed by atoms with Gasteiger partial charge >= 0.3 is 0 Å². The fourth-order valence-electron chi connectivity index (χ4n) is 2.40. The number of aromatic nitrogens is 3. The minimum absolute atomic E-state index is 0.0942. The summed E-state index contributed by atoms with van der Waals surface area (Å²) in [6, 6.07) is 3.04. The molecule has 1 aliphatic rings. The zero-order valence-electron chi connectivity index (χ0n) is 10.5. The van der Waals surface area contributed by atoms with E-state index in [9.17, 15) is 9.59 Å². The van der Waals surface area contributed by atoms with Crippen LogP contribution in [0, 0.1) is 6.92 Å². The van der Waals surface area contributed by atoms with Gasteiger partial charge in [0.05, 0.1) is 0 Å². The van der Waals surface area contributed by atoms with Crippen LogP contribution < -0.4 is 5.56 Å². The average molecular weight is 259 g/mol. The van der Waals surface area contributed by atoms with Crippen LogP contribution in [-0.4, -0.2) is 20.5 Å². The predicted octanol–water partition coefficient (Wildman–Crippen LogP) is 1.11. The second-order valence-electron chi connectivity index (χ2n) is 4.61. The molecule has 2 aromatic rings. The first-order valence-electron chi connectivity index (χ1n) is 6.20. The molecule has 0 atom stereocenters. The number of hydrogen-bond donors (Lipinski definition) is 0. The maximum atomic E-state index is 12.0. The number of carbonyl (C=O) groups excluding carboxylic acids is 1. The maximum Gasteiger partial charge on any atom is 0.251 e. The molecule has 1 aliphatic carbocycles. The van der Waals surface area contributed by atoms with E-state index in [-0.39, 0.29) is 17.9 Å². The molecule has 0 N–H and O–H groups in total. The maximum absolute atomic E-state index is 12.0. The van der Waals surface area contributed by atoms with Crippen molar-refractivity contribution in [2.24, 2.45) is 0 Å². The highest BCUT2D eigenvalue weighted by molar-refractivity contribution is 5.97. The molecule has 6 nitrogen and oxygen atoms in total. The molecule has 0 saturated heterocycles. The van der Waals surface area contributed by atoms with Crippen molar-refractivity contribution in [3.63, 3.8) is 0 Å². The molecule has 0 amide bonds. The third-order valence-corrected chi connectivity index (χ3v) is 3.27. The van der Waals surface area contributed by atoms with Gasteiger partial charge in [-0.05, 0) is 18.9 Å². The van der Waals surface area contributed by atoms with Crippen LogP contribution in [0.3, 0.4) is 0 Å². The summed E-state index contributed by atoms with van der Waals surface area (Å²) in [5, 5.41) is 7.63. The van der Waals surface area contributed by atoms with E-state index < -0.39 is 0 Å². The molecule has 19 heavy (non-hydrogen) atoms. The number of hydrogen-bond acceptors (Lipinski definition) is 5. The van der Waals surface area contributed by atoms with Crippen molar-refractivity contribution in [3.05, 3.63) is 45.5 Å². The molecular formula is C13H13N3O3. The second kappa shape index (κ2) is 4.46. The molecule has 0 radical (unpaired) electrons. The van der Waals surface area contributed by atoms with Crippen LogP contribution in [0.2, 0.25) is 0 Å². The quantitative estimate of drug-likeness (QED) is 0.807. The van der Waals surface area contributed by atoms with Crippen molar-refractivity contribution in [2.45, 2.75) is 32.7 Å². The Kier molecular flexibility index (Phi) is 2.77. The normalized spacial score (nSPS) is 14.5. The number of pyridine rings is 1. The Labute approximate surface area is 109 Å². The minimum atomic E-state index is -0.149. The van der Waals surface area contributed by atoms with Crippen LogP contribution in [0.15, 0.2) is 21.3 Å². The smallest absolute Gasteiger partial charge is 0.251 e. The lowest BCUT2D eigenvalue weighted by Gasteiger charge is -2.18. The molecule has 98 valence electrons. The van der Waals surface area contributed by atoms with Crippen molar-refractivity contribution in [3.8, 4) is 0 Å². The molecule has 6 heteroatoms. The summed E-state index contributed by atoms with van der Waals surface area (Å²) >= 11 is 0. The highest BCUT2D eigenvalue weighted by atomic mass is 16.4. The first kappa shape index (κ1) is 11.8. The van der Waals surface area contributed by atoms with Crippen molar-refractivity contribution >= 4 is 5.78 Å². The summed E-state index contributed by atoms with van der Waals surface area (Å²) in [5.41, 5.74) is 1.27. The van der Waals surface area contributed by atoms with Gasteiger partial charge in [0.25, 0.3) is 5.56 Å². The van der Waals surface area contributed by atoms with E-state index in [0.717, 1.165) is 18.5 Å². The van der Waals surface area contributed by atoms with E-state index in [1.54, 1.807) is 17.6 Å². The Hall–Kier alpha value is -2.24. The predicted molar refractivity (Wildman–Crippen MR) is 66.1 cm³/mol. The summed E-state index contributed by atoms with van der Waals surface area (Å²) in [4.78, 5) is 23.8. The van der Waals surface area contributed by atoms with Crippen molar-refractivity contribution < 1.29 is 9.21 Å². The molecule has 0 aliphatic heterocycles. The SMILES string of the molecule is Cc1nnc(Cn2c3c(ccc2=O)C(=O)CCC3)o1. The van der Waals surface area contributed by atoms with Crippen molar-refractivity contribution in [1.29, 1.82) is 0 Å². The Morgan fingerprint density at radius 3 is 2.84 bits per heavy atom. The van der Waals surface area contributed by atoms with Crippen LogP contribution in [-0.2, 0) is 13.0 Å². The van der Waals surface area contributed by atoms with E-state index in [2.05, 4.69) is 10.2 Å². The van der Waals surface area contributed by atoms with E-state index in [1.165, 1.54) is 6.07 Å². The minimum Gasteiger partial charge on any atom is -0.424 e. The first-order valence-corrected chi connectivity index (χ1v) is 6.20. The second-order valence-corrected chi connectivity index (χ2v) is 4.61. The van der Waals surface area contributed by atoms with E-state index in [4.69, 9.17) is 4.42 Å². The zero-order chi connectivity index (χ0) is 13.4. The Balaban J connectivity index is 2.07. The van der Waals surface area contributed by atoms with Gasteiger partial charge in [-0.3, -0.25) is 9.59 Å². The number of fused-ring (bicyclic) bond motifs is 1. The van der Waals surface area contributed by atoms with Gasteiger partial charge in [-0.25, -0.2) is 0 Å². The number of carbonyl (C=O) groups is 1.